The van der Waals surface area contributed by atoms with E-state index >= 15 is 0 Å². The van der Waals surface area contributed by atoms with E-state index in [-0.39, 0.29) is 5.69 Å². The Bertz CT molecular complexity index is 864. The summed E-state index contributed by atoms with van der Waals surface area (Å²) in [7, 11) is 0. The molecule has 0 aliphatic rings. The summed E-state index contributed by atoms with van der Waals surface area (Å²) in [5, 5.41) is 13.5. The van der Waals surface area contributed by atoms with Crippen molar-refractivity contribution in [3.8, 4) is 5.69 Å². The third-order valence-electron chi connectivity index (χ3n) is 3.00. The number of aromatic amines is 1. The Kier molecular flexibility index (Phi) is 2.53. The summed E-state index contributed by atoms with van der Waals surface area (Å²) in [5.41, 5.74) is 5.56. The second-order valence-corrected chi connectivity index (χ2v) is 4.20. The minimum Gasteiger partial charge on any atom is -0.477 e. The minimum atomic E-state index is -1.36. The lowest BCUT2D eigenvalue weighted by Gasteiger charge is -2.05. The molecule has 3 rings (SSSR count). The maximum Gasteiger partial charge on any atom is 0.343 e. The van der Waals surface area contributed by atoms with Gasteiger partial charge in [-0.25, -0.2) is 9.48 Å². The molecule has 2 heterocycles. The van der Waals surface area contributed by atoms with Gasteiger partial charge in [-0.15, -0.1) is 0 Å². The lowest BCUT2D eigenvalue weighted by atomic mass is 10.2. The topological polar surface area (TPSA) is 114 Å². The van der Waals surface area contributed by atoms with Crippen LogP contribution in [0.2, 0.25) is 0 Å². The number of nitrogens with zero attached hydrogens (tertiary/aromatic N) is 2. The summed E-state index contributed by atoms with van der Waals surface area (Å²) in [6, 6.07) is 9.14. The van der Waals surface area contributed by atoms with Gasteiger partial charge in [0.05, 0.1) is 23.0 Å². The number of nitrogens with one attached hydrogen (secondary N) is 1. The van der Waals surface area contributed by atoms with Gasteiger partial charge in [0.25, 0.3) is 5.56 Å². The first-order valence-corrected chi connectivity index (χ1v) is 5.78. The lowest BCUT2D eigenvalue weighted by Crippen LogP contribution is -2.20. The van der Waals surface area contributed by atoms with E-state index in [9.17, 15) is 9.59 Å². The summed E-state index contributed by atoms with van der Waals surface area (Å²) in [5.74, 6) is -1.36. The summed E-state index contributed by atoms with van der Waals surface area (Å²) in [4.78, 5) is 25.4. The van der Waals surface area contributed by atoms with Crippen molar-refractivity contribution in [2.45, 2.75) is 0 Å². The molecule has 7 heteroatoms. The summed E-state index contributed by atoms with van der Waals surface area (Å²) in [6.07, 6.45) is 1.43. The van der Waals surface area contributed by atoms with Crippen LogP contribution < -0.4 is 11.3 Å². The number of carbonyl (C=O) groups is 1. The Morgan fingerprint density at radius 1 is 1.30 bits per heavy atom. The zero-order valence-corrected chi connectivity index (χ0v) is 10.2. The van der Waals surface area contributed by atoms with Gasteiger partial charge < -0.3 is 15.8 Å². The number of hydrogen-bond donors (Lipinski definition) is 3. The number of para-hydroxylation sites is 1. The number of benzene rings is 1. The molecule has 0 fully saturated rings. The number of pyridine rings is 1. The van der Waals surface area contributed by atoms with Crippen LogP contribution in [0.1, 0.15) is 10.4 Å². The maximum absolute atomic E-state index is 11.8. The number of hydrogen-bond acceptors (Lipinski definition) is 4. The minimum absolute atomic E-state index is 0.0848. The number of aromatic nitrogens is 3. The van der Waals surface area contributed by atoms with Crippen LogP contribution in [0.4, 0.5) is 5.69 Å². The molecule has 0 amide bonds. The highest BCUT2D eigenvalue weighted by molar-refractivity contribution is 6.02. The standard InChI is InChI=1S/C13H10N4O3/c14-10-8-6-15-17(7-4-2-1-3-5-7)11(8)16-12(18)9(10)13(19)20/h1-6H,(H,19,20)(H3,14,16,18). The molecule has 0 aliphatic heterocycles. The van der Waals surface area contributed by atoms with Crippen molar-refractivity contribution in [3.63, 3.8) is 0 Å². The highest BCUT2D eigenvalue weighted by Crippen LogP contribution is 2.22. The third kappa shape index (κ3) is 1.64. The van der Waals surface area contributed by atoms with Crippen molar-refractivity contribution < 1.29 is 9.90 Å². The fourth-order valence-electron chi connectivity index (χ4n) is 2.07. The summed E-state index contributed by atoms with van der Waals surface area (Å²) >= 11 is 0. The molecule has 2 aromatic heterocycles. The van der Waals surface area contributed by atoms with E-state index in [1.54, 1.807) is 0 Å². The van der Waals surface area contributed by atoms with Crippen molar-refractivity contribution in [3.05, 3.63) is 52.4 Å². The molecule has 0 aliphatic carbocycles. The predicted molar refractivity (Wildman–Crippen MR) is 73.1 cm³/mol. The van der Waals surface area contributed by atoms with E-state index in [0.29, 0.717) is 11.0 Å². The molecular weight excluding hydrogens is 260 g/mol. The molecule has 0 bridgehead atoms. The number of H-pyrrole nitrogens is 1. The molecule has 20 heavy (non-hydrogen) atoms. The molecule has 4 N–H and O–H groups in total. The summed E-state index contributed by atoms with van der Waals surface area (Å²) < 4.78 is 1.50. The number of fused-ring (bicyclic) bond motifs is 1. The largest absolute Gasteiger partial charge is 0.477 e. The summed E-state index contributed by atoms with van der Waals surface area (Å²) in [6.45, 7) is 0. The van der Waals surface area contributed by atoms with Crippen LogP contribution in [-0.4, -0.2) is 25.8 Å². The fourth-order valence-corrected chi connectivity index (χ4v) is 2.07. The van der Waals surface area contributed by atoms with E-state index < -0.39 is 17.1 Å². The zero-order valence-electron chi connectivity index (χ0n) is 10.2. The number of carboxylic acid groups (broad SMARTS) is 1. The molecule has 100 valence electrons. The Labute approximate surface area is 112 Å². The van der Waals surface area contributed by atoms with Crippen LogP contribution in [0, 0.1) is 0 Å². The zero-order chi connectivity index (χ0) is 14.3. The number of rotatable bonds is 2. The van der Waals surface area contributed by atoms with Crippen molar-refractivity contribution >= 4 is 22.7 Å². The Hall–Kier alpha value is -3.09. The van der Waals surface area contributed by atoms with Crippen LogP contribution in [0.5, 0.6) is 0 Å². The number of nitrogen functional groups attached to an aromatic ring is 1. The molecule has 0 unspecified atom stereocenters. The molecule has 7 nitrogen and oxygen atoms in total. The Balaban J connectivity index is 2.36. The highest BCUT2D eigenvalue weighted by atomic mass is 16.4. The first-order chi connectivity index (χ1) is 9.59. The second-order valence-electron chi connectivity index (χ2n) is 4.20. The van der Waals surface area contributed by atoms with Crippen LogP contribution in [0.3, 0.4) is 0 Å². The average Bonchev–Trinajstić information content (AvgIpc) is 2.83. The first-order valence-electron chi connectivity index (χ1n) is 5.78. The molecule has 0 atom stereocenters. The van der Waals surface area contributed by atoms with Gasteiger partial charge in [0.15, 0.2) is 0 Å². The molecule has 0 spiro atoms. The molecule has 0 saturated carbocycles. The van der Waals surface area contributed by atoms with Crippen LogP contribution >= 0.6 is 0 Å². The van der Waals surface area contributed by atoms with Gasteiger partial charge in [-0.3, -0.25) is 4.79 Å². The van der Waals surface area contributed by atoms with Crippen LogP contribution in [-0.2, 0) is 0 Å². The molecule has 0 saturated heterocycles. The van der Waals surface area contributed by atoms with E-state index in [2.05, 4.69) is 10.1 Å². The lowest BCUT2D eigenvalue weighted by molar-refractivity contribution is 0.0696. The first kappa shape index (κ1) is 12.0. The van der Waals surface area contributed by atoms with Crippen LogP contribution in [0.15, 0.2) is 41.3 Å². The molecule has 0 radical (unpaired) electrons. The van der Waals surface area contributed by atoms with Gasteiger partial charge in [-0.2, -0.15) is 5.10 Å². The van der Waals surface area contributed by atoms with Gasteiger partial charge in [0.1, 0.15) is 11.2 Å². The SMILES string of the molecule is Nc1c(C(=O)O)c(=O)[nH]c2c1cnn2-c1ccccc1. The van der Waals surface area contributed by atoms with E-state index in [1.807, 2.05) is 30.3 Å². The van der Waals surface area contributed by atoms with Gasteiger partial charge in [0.2, 0.25) is 0 Å². The third-order valence-corrected chi connectivity index (χ3v) is 3.00. The fraction of sp³-hybridized carbons (Fsp3) is 0. The van der Waals surface area contributed by atoms with Crippen molar-refractivity contribution in [2.24, 2.45) is 0 Å². The van der Waals surface area contributed by atoms with Gasteiger partial charge >= 0.3 is 5.97 Å². The predicted octanol–water partition coefficient (Wildman–Crippen LogP) is 0.994. The van der Waals surface area contributed by atoms with E-state index in [0.717, 1.165) is 5.69 Å². The smallest absolute Gasteiger partial charge is 0.343 e. The number of nitrogens with two attached hydrogens (primary N) is 1. The number of anilines is 1. The Morgan fingerprint density at radius 2 is 2.00 bits per heavy atom. The van der Waals surface area contributed by atoms with Crippen LogP contribution in [0.25, 0.3) is 16.7 Å². The number of aromatic carboxylic acids is 1. The molecular formula is C13H10N4O3. The van der Waals surface area contributed by atoms with E-state index in [1.165, 1.54) is 10.9 Å². The highest BCUT2D eigenvalue weighted by Gasteiger charge is 2.19. The van der Waals surface area contributed by atoms with Crippen molar-refractivity contribution in [2.75, 3.05) is 5.73 Å². The second kappa shape index (κ2) is 4.23. The molecule has 1 aromatic carbocycles. The quantitative estimate of drug-likeness (QED) is 0.642. The molecule has 3 aromatic rings. The van der Waals surface area contributed by atoms with Gasteiger partial charge in [-0.05, 0) is 12.1 Å². The van der Waals surface area contributed by atoms with Gasteiger partial charge in [-0.1, -0.05) is 18.2 Å². The monoisotopic (exact) mass is 270 g/mol. The normalized spacial score (nSPS) is 10.8. The number of carboxylic acids is 1. The average molecular weight is 270 g/mol. The van der Waals surface area contributed by atoms with Crippen molar-refractivity contribution in [1.29, 1.82) is 0 Å². The van der Waals surface area contributed by atoms with Gasteiger partial charge in [0, 0.05) is 0 Å². The van der Waals surface area contributed by atoms with E-state index in [4.69, 9.17) is 10.8 Å². The Morgan fingerprint density at radius 3 is 2.65 bits per heavy atom. The maximum atomic E-state index is 11.8. The van der Waals surface area contributed by atoms with Crippen molar-refractivity contribution in [1.82, 2.24) is 14.8 Å².